The van der Waals surface area contributed by atoms with Crippen molar-refractivity contribution in [1.29, 1.82) is 0 Å². The molecule has 0 aliphatic heterocycles. The van der Waals surface area contributed by atoms with E-state index >= 15 is 0 Å². The van der Waals surface area contributed by atoms with Crippen molar-refractivity contribution < 1.29 is 19.4 Å². The molecule has 5 heteroatoms. The lowest BCUT2D eigenvalue weighted by atomic mass is 9.95. The van der Waals surface area contributed by atoms with Crippen LogP contribution in [0.15, 0.2) is 0 Å². The van der Waals surface area contributed by atoms with Gasteiger partial charge < -0.3 is 15.2 Å². The van der Waals surface area contributed by atoms with Gasteiger partial charge >= 0.3 is 5.97 Å². The van der Waals surface area contributed by atoms with Crippen LogP contribution in [-0.4, -0.2) is 36.7 Å². The van der Waals surface area contributed by atoms with Crippen LogP contribution in [-0.2, 0) is 14.3 Å². The Morgan fingerprint density at radius 1 is 1.37 bits per heavy atom. The smallest absolute Gasteiger partial charge is 0.307 e. The number of methoxy groups -OCH3 is 1. The highest BCUT2D eigenvalue weighted by Gasteiger charge is 2.41. The number of ether oxygens (including phenoxy) is 1. The molecule has 1 fully saturated rings. The van der Waals surface area contributed by atoms with Gasteiger partial charge in [-0.2, -0.15) is 0 Å². The molecular weight excluding hydrogens is 246 g/mol. The van der Waals surface area contributed by atoms with E-state index in [9.17, 15) is 14.7 Å². The molecule has 0 aromatic rings. The summed E-state index contributed by atoms with van der Waals surface area (Å²) >= 11 is 0. The quantitative estimate of drug-likeness (QED) is 0.738. The molecule has 1 amide bonds. The van der Waals surface area contributed by atoms with Gasteiger partial charge in [0.1, 0.15) is 0 Å². The zero-order valence-corrected chi connectivity index (χ0v) is 12.0. The van der Waals surface area contributed by atoms with Gasteiger partial charge in [-0.1, -0.05) is 20.3 Å². The van der Waals surface area contributed by atoms with E-state index in [4.69, 9.17) is 4.74 Å². The van der Waals surface area contributed by atoms with E-state index in [-0.39, 0.29) is 11.9 Å². The maximum atomic E-state index is 12.2. The second-order valence-electron chi connectivity index (χ2n) is 5.58. The molecule has 0 spiro atoms. The lowest BCUT2D eigenvalue weighted by Crippen LogP contribution is -2.43. The van der Waals surface area contributed by atoms with Gasteiger partial charge in [-0.25, -0.2) is 0 Å². The van der Waals surface area contributed by atoms with Gasteiger partial charge in [0.2, 0.25) is 5.91 Å². The van der Waals surface area contributed by atoms with Gasteiger partial charge in [0, 0.05) is 7.11 Å². The molecule has 0 saturated heterocycles. The van der Waals surface area contributed by atoms with Gasteiger partial charge in [-0.15, -0.1) is 0 Å². The second kappa shape index (κ2) is 7.48. The number of hydrogen-bond donors (Lipinski definition) is 2. The standard InChI is InChI=1S/C14H25NO4/c1-4-5-10(8-19-3)15-13(16)11-6-9(2)7-12(11)14(17)18/h9-12H,4-8H2,1-3H3,(H,15,16)(H,17,18)/t9?,10?,11-,12+/m0/s1. The van der Waals surface area contributed by atoms with E-state index in [2.05, 4.69) is 5.32 Å². The highest BCUT2D eigenvalue weighted by Crippen LogP contribution is 2.36. The molecule has 1 aliphatic rings. The van der Waals surface area contributed by atoms with Crippen molar-refractivity contribution in [3.8, 4) is 0 Å². The van der Waals surface area contributed by atoms with Crippen LogP contribution in [0.2, 0.25) is 0 Å². The molecule has 110 valence electrons. The van der Waals surface area contributed by atoms with Crippen LogP contribution >= 0.6 is 0 Å². The van der Waals surface area contributed by atoms with Crippen LogP contribution in [0.3, 0.4) is 0 Å². The van der Waals surface area contributed by atoms with Crippen molar-refractivity contribution in [3.05, 3.63) is 0 Å². The molecule has 0 radical (unpaired) electrons. The van der Waals surface area contributed by atoms with Crippen molar-refractivity contribution in [2.75, 3.05) is 13.7 Å². The minimum absolute atomic E-state index is 0.0205. The van der Waals surface area contributed by atoms with Crippen LogP contribution in [0.5, 0.6) is 0 Å². The fraction of sp³-hybridized carbons (Fsp3) is 0.857. The summed E-state index contributed by atoms with van der Waals surface area (Å²) in [6.07, 6.45) is 3.06. The Labute approximate surface area is 114 Å². The topological polar surface area (TPSA) is 75.6 Å². The first-order chi connectivity index (χ1) is 8.99. The average Bonchev–Trinajstić information content (AvgIpc) is 2.72. The molecule has 1 aliphatic carbocycles. The fourth-order valence-electron chi connectivity index (χ4n) is 2.91. The Morgan fingerprint density at radius 2 is 2.00 bits per heavy atom. The first-order valence-corrected chi connectivity index (χ1v) is 7.01. The lowest BCUT2D eigenvalue weighted by molar-refractivity contribution is -0.146. The molecule has 2 N–H and O–H groups in total. The number of aliphatic carboxylic acids is 1. The van der Waals surface area contributed by atoms with E-state index in [1.165, 1.54) is 0 Å². The van der Waals surface area contributed by atoms with Crippen molar-refractivity contribution in [3.63, 3.8) is 0 Å². The van der Waals surface area contributed by atoms with Crippen LogP contribution in [0.1, 0.15) is 39.5 Å². The zero-order valence-electron chi connectivity index (χ0n) is 12.0. The minimum atomic E-state index is -0.858. The number of carboxylic acids is 1. The highest BCUT2D eigenvalue weighted by atomic mass is 16.5. The molecule has 0 aromatic heterocycles. The number of carbonyl (C=O) groups is 2. The fourth-order valence-corrected chi connectivity index (χ4v) is 2.91. The van der Waals surface area contributed by atoms with Gasteiger partial charge in [0.15, 0.2) is 0 Å². The Morgan fingerprint density at radius 3 is 2.53 bits per heavy atom. The summed E-state index contributed by atoms with van der Waals surface area (Å²) in [5, 5.41) is 12.1. The molecule has 0 bridgehead atoms. The molecule has 1 rings (SSSR count). The predicted octanol–water partition coefficient (Wildman–Crippen LogP) is 1.66. The van der Waals surface area contributed by atoms with E-state index in [1.54, 1.807) is 7.11 Å². The van der Waals surface area contributed by atoms with Crippen LogP contribution in [0.4, 0.5) is 0 Å². The van der Waals surface area contributed by atoms with E-state index in [0.717, 1.165) is 12.8 Å². The molecule has 2 unspecified atom stereocenters. The number of carbonyl (C=O) groups excluding carboxylic acids is 1. The number of carboxylic acid groups (broad SMARTS) is 1. The summed E-state index contributed by atoms with van der Waals surface area (Å²) in [6.45, 7) is 4.52. The normalized spacial score (nSPS) is 28.1. The SMILES string of the molecule is CCCC(COC)NC(=O)[C@H]1CC(C)C[C@H]1C(=O)O. The third-order valence-electron chi connectivity index (χ3n) is 3.80. The Hall–Kier alpha value is -1.10. The monoisotopic (exact) mass is 271 g/mol. The second-order valence-corrected chi connectivity index (χ2v) is 5.58. The molecule has 0 aromatic carbocycles. The Kier molecular flexibility index (Phi) is 6.28. The molecular formula is C14H25NO4. The van der Waals surface area contributed by atoms with E-state index in [0.29, 0.717) is 25.4 Å². The van der Waals surface area contributed by atoms with Gasteiger partial charge in [0.05, 0.1) is 24.5 Å². The average molecular weight is 271 g/mol. The molecule has 0 heterocycles. The summed E-state index contributed by atoms with van der Waals surface area (Å²) in [6, 6.07) is -0.0205. The highest BCUT2D eigenvalue weighted by molar-refractivity contribution is 5.85. The molecule has 1 saturated carbocycles. The summed E-state index contributed by atoms with van der Waals surface area (Å²) < 4.78 is 5.08. The van der Waals surface area contributed by atoms with Crippen molar-refractivity contribution in [2.45, 2.75) is 45.6 Å². The van der Waals surface area contributed by atoms with Crippen LogP contribution in [0, 0.1) is 17.8 Å². The van der Waals surface area contributed by atoms with Gasteiger partial charge in [-0.3, -0.25) is 9.59 Å². The number of rotatable bonds is 7. The van der Waals surface area contributed by atoms with Gasteiger partial charge in [0.25, 0.3) is 0 Å². The van der Waals surface area contributed by atoms with Crippen molar-refractivity contribution in [1.82, 2.24) is 5.32 Å². The van der Waals surface area contributed by atoms with Crippen LogP contribution < -0.4 is 5.32 Å². The Balaban J connectivity index is 2.62. The first kappa shape index (κ1) is 16.0. The molecule has 19 heavy (non-hydrogen) atoms. The number of hydrogen-bond acceptors (Lipinski definition) is 3. The zero-order chi connectivity index (χ0) is 14.4. The minimum Gasteiger partial charge on any atom is -0.481 e. The maximum absolute atomic E-state index is 12.2. The summed E-state index contributed by atoms with van der Waals surface area (Å²) in [4.78, 5) is 23.4. The maximum Gasteiger partial charge on any atom is 0.307 e. The molecule has 5 nitrogen and oxygen atoms in total. The third kappa shape index (κ3) is 4.49. The first-order valence-electron chi connectivity index (χ1n) is 7.01. The summed E-state index contributed by atoms with van der Waals surface area (Å²) in [5.41, 5.74) is 0. The lowest BCUT2D eigenvalue weighted by Gasteiger charge is -2.21. The summed E-state index contributed by atoms with van der Waals surface area (Å²) in [5.74, 6) is -1.64. The Bertz CT molecular complexity index is 313. The predicted molar refractivity (Wildman–Crippen MR) is 71.7 cm³/mol. The molecule has 4 atom stereocenters. The van der Waals surface area contributed by atoms with Crippen molar-refractivity contribution in [2.24, 2.45) is 17.8 Å². The summed E-state index contributed by atoms with van der Waals surface area (Å²) in [7, 11) is 1.60. The van der Waals surface area contributed by atoms with Gasteiger partial charge in [-0.05, 0) is 25.2 Å². The van der Waals surface area contributed by atoms with E-state index in [1.807, 2.05) is 13.8 Å². The number of nitrogens with one attached hydrogen (secondary N) is 1. The largest absolute Gasteiger partial charge is 0.481 e. The van der Waals surface area contributed by atoms with Crippen molar-refractivity contribution >= 4 is 11.9 Å². The van der Waals surface area contributed by atoms with E-state index < -0.39 is 17.8 Å². The third-order valence-corrected chi connectivity index (χ3v) is 3.80. The number of amides is 1. The van der Waals surface area contributed by atoms with Crippen LogP contribution in [0.25, 0.3) is 0 Å².